The van der Waals surface area contributed by atoms with Gasteiger partial charge in [0.05, 0.1) is 11.1 Å². The third-order valence-electron chi connectivity index (χ3n) is 6.84. The zero-order valence-electron chi connectivity index (χ0n) is 16.2. The van der Waals surface area contributed by atoms with Gasteiger partial charge in [0.15, 0.2) is 0 Å². The van der Waals surface area contributed by atoms with Crippen LogP contribution in [0.1, 0.15) is 49.7 Å². The average Bonchev–Trinajstić information content (AvgIpc) is 2.85. The van der Waals surface area contributed by atoms with Gasteiger partial charge in [0.25, 0.3) is 0 Å². The predicted molar refractivity (Wildman–Crippen MR) is 104 cm³/mol. The van der Waals surface area contributed by atoms with Crippen LogP contribution in [0.15, 0.2) is 29.8 Å². The largest absolute Gasteiger partial charge is 0.490 e. The third kappa shape index (κ3) is 3.30. The summed E-state index contributed by atoms with van der Waals surface area (Å²) in [6.45, 7) is 0. The van der Waals surface area contributed by atoms with E-state index in [1.165, 1.54) is 24.0 Å². The Balaban J connectivity index is 1.59. The number of hydrogen-bond acceptors (Lipinski definition) is 4. The van der Waals surface area contributed by atoms with Crippen LogP contribution >= 0.6 is 0 Å². The van der Waals surface area contributed by atoms with Crippen molar-refractivity contribution in [1.82, 2.24) is 4.90 Å². The van der Waals surface area contributed by atoms with Gasteiger partial charge in [0, 0.05) is 18.5 Å². The van der Waals surface area contributed by atoms with Crippen molar-refractivity contribution in [3.8, 4) is 5.75 Å². The second-order valence-electron chi connectivity index (χ2n) is 8.35. The highest BCUT2D eigenvalue weighted by molar-refractivity contribution is 5.96. The zero-order chi connectivity index (χ0) is 19.9. The number of piperidine rings is 1. The molecule has 2 N–H and O–H groups in total. The molecule has 1 aliphatic carbocycles. The van der Waals surface area contributed by atoms with E-state index >= 15 is 0 Å². The molecule has 2 saturated heterocycles. The number of likely N-dealkylation sites (N-methyl/N-ethyl adjacent to an activating group) is 1. The normalized spacial score (nSPS) is 30.0. The maximum Gasteiger partial charge on any atom is 0.333 e. The molecule has 4 rings (SSSR count). The van der Waals surface area contributed by atoms with Gasteiger partial charge in [0.1, 0.15) is 11.9 Å². The van der Waals surface area contributed by atoms with Crippen molar-refractivity contribution < 1.29 is 24.5 Å². The average molecular weight is 385 g/mol. The minimum atomic E-state index is -1.22. The first kappa shape index (κ1) is 19.0. The molecule has 0 radical (unpaired) electrons. The van der Waals surface area contributed by atoms with Crippen molar-refractivity contribution >= 4 is 11.9 Å². The number of hydrogen-bond donors (Lipinski definition) is 2. The molecule has 1 aromatic rings. The number of fused-ring (bicyclic) bond motifs is 3. The Morgan fingerprint density at radius 2 is 1.96 bits per heavy atom. The molecule has 28 heavy (non-hydrogen) atoms. The number of ether oxygens (including phenoxy) is 1. The number of aryl methyl sites for hydroxylation is 2. The van der Waals surface area contributed by atoms with Crippen molar-refractivity contribution in [2.45, 2.75) is 69.1 Å². The predicted octanol–water partition coefficient (Wildman–Crippen LogP) is 3.04. The lowest BCUT2D eigenvalue weighted by Crippen LogP contribution is -2.55. The first-order valence-corrected chi connectivity index (χ1v) is 10.1. The summed E-state index contributed by atoms with van der Waals surface area (Å²) in [5.74, 6) is -1.55. The molecule has 2 bridgehead atoms. The van der Waals surface area contributed by atoms with Crippen LogP contribution in [-0.4, -0.2) is 51.8 Å². The van der Waals surface area contributed by atoms with E-state index in [4.69, 9.17) is 4.74 Å². The van der Waals surface area contributed by atoms with Crippen molar-refractivity contribution in [3.63, 3.8) is 0 Å². The van der Waals surface area contributed by atoms with E-state index in [2.05, 4.69) is 17.0 Å². The van der Waals surface area contributed by atoms with Crippen molar-refractivity contribution in [1.29, 1.82) is 0 Å². The minimum absolute atomic E-state index is 0.0382. The van der Waals surface area contributed by atoms with Crippen LogP contribution in [0.4, 0.5) is 0 Å². The van der Waals surface area contributed by atoms with Crippen LogP contribution in [0.25, 0.3) is 0 Å². The molecule has 0 spiro atoms. The Morgan fingerprint density at radius 1 is 1.21 bits per heavy atom. The molecule has 1 aromatic carbocycles. The van der Waals surface area contributed by atoms with Crippen molar-refractivity contribution in [2.24, 2.45) is 0 Å². The Hall–Kier alpha value is -2.34. The van der Waals surface area contributed by atoms with Crippen molar-refractivity contribution in [3.05, 3.63) is 41.0 Å². The summed E-state index contributed by atoms with van der Waals surface area (Å²) < 4.78 is 6.32. The summed E-state index contributed by atoms with van der Waals surface area (Å²) in [6.07, 6.45) is 8.20. The smallest absolute Gasteiger partial charge is 0.333 e. The highest BCUT2D eigenvalue weighted by Gasteiger charge is 2.54. The molecule has 6 heteroatoms. The monoisotopic (exact) mass is 385 g/mol. The van der Waals surface area contributed by atoms with Gasteiger partial charge in [-0.3, -0.25) is 4.90 Å². The molecule has 0 amide bonds. The topological polar surface area (TPSA) is 87.1 Å². The van der Waals surface area contributed by atoms with E-state index in [9.17, 15) is 19.8 Å². The second-order valence-corrected chi connectivity index (χ2v) is 8.35. The van der Waals surface area contributed by atoms with E-state index in [1.807, 2.05) is 13.1 Å². The SMILES string of the molecule is CN1C2CCC1(/C(=C\C(=O)O)C(=O)O)CC(Oc1ccc3c(c1)CCCC3)C2. The number of carbonyl (C=O) groups is 2. The van der Waals surface area contributed by atoms with Gasteiger partial charge in [0.2, 0.25) is 0 Å². The van der Waals surface area contributed by atoms with Crippen LogP contribution in [0.2, 0.25) is 0 Å². The molecular formula is C22H27NO5. The fourth-order valence-corrected chi connectivity index (χ4v) is 5.43. The Kier molecular flexibility index (Phi) is 4.91. The van der Waals surface area contributed by atoms with Crippen LogP contribution in [0.5, 0.6) is 5.75 Å². The molecule has 3 atom stereocenters. The summed E-state index contributed by atoms with van der Waals surface area (Å²) in [5.41, 5.74) is 1.93. The Labute approximate surface area is 164 Å². The van der Waals surface area contributed by atoms with Gasteiger partial charge in [-0.15, -0.1) is 0 Å². The van der Waals surface area contributed by atoms with E-state index < -0.39 is 17.5 Å². The number of carboxylic acids is 2. The van der Waals surface area contributed by atoms with Gasteiger partial charge in [-0.25, -0.2) is 9.59 Å². The number of rotatable bonds is 5. The molecule has 3 aliphatic rings. The lowest BCUT2D eigenvalue weighted by atomic mass is 9.80. The summed E-state index contributed by atoms with van der Waals surface area (Å²) in [4.78, 5) is 25.2. The highest BCUT2D eigenvalue weighted by atomic mass is 16.5. The molecule has 2 aliphatic heterocycles. The van der Waals surface area contributed by atoms with Crippen LogP contribution in [0.3, 0.4) is 0 Å². The standard InChI is InChI=1S/C22H27NO5/c1-23-16-8-9-22(23,19(21(26)27)12-20(24)25)13-18(11-16)28-17-7-6-14-4-2-3-5-15(14)10-17/h6-7,10,12,16,18H,2-5,8-9,11,13H2,1H3,(H,24,25)(H,26,27)/b19-12-. The fourth-order valence-electron chi connectivity index (χ4n) is 5.43. The zero-order valence-corrected chi connectivity index (χ0v) is 16.2. The first-order chi connectivity index (χ1) is 13.4. The lowest BCUT2D eigenvalue weighted by molar-refractivity contribution is -0.137. The number of aliphatic carboxylic acids is 2. The van der Waals surface area contributed by atoms with E-state index in [0.29, 0.717) is 12.8 Å². The number of carboxylic acid groups (broad SMARTS) is 2. The van der Waals surface area contributed by atoms with E-state index in [1.54, 1.807) is 0 Å². The van der Waals surface area contributed by atoms with Gasteiger partial charge < -0.3 is 14.9 Å². The third-order valence-corrected chi connectivity index (χ3v) is 6.84. The molecule has 0 aromatic heterocycles. The molecule has 0 saturated carbocycles. The van der Waals surface area contributed by atoms with Gasteiger partial charge in [-0.1, -0.05) is 6.07 Å². The molecule has 2 fully saturated rings. The molecule has 3 unspecified atom stereocenters. The number of nitrogens with zero attached hydrogens (tertiary/aromatic N) is 1. The number of benzene rings is 1. The summed E-state index contributed by atoms with van der Waals surface area (Å²) in [5, 5.41) is 18.9. The van der Waals surface area contributed by atoms with E-state index in [0.717, 1.165) is 37.5 Å². The first-order valence-electron chi connectivity index (χ1n) is 10.1. The highest BCUT2D eigenvalue weighted by Crippen LogP contribution is 2.48. The maximum atomic E-state index is 11.9. The van der Waals surface area contributed by atoms with Crippen LogP contribution in [0, 0.1) is 0 Å². The molecule has 6 nitrogen and oxygen atoms in total. The van der Waals surface area contributed by atoms with Crippen LogP contribution < -0.4 is 4.74 Å². The Bertz CT molecular complexity index is 832. The Morgan fingerprint density at radius 3 is 2.68 bits per heavy atom. The summed E-state index contributed by atoms with van der Waals surface area (Å²) in [6, 6.07) is 6.50. The molecule has 2 heterocycles. The summed E-state index contributed by atoms with van der Waals surface area (Å²) in [7, 11) is 1.91. The van der Waals surface area contributed by atoms with Gasteiger partial charge in [-0.05, 0) is 75.3 Å². The van der Waals surface area contributed by atoms with Gasteiger partial charge >= 0.3 is 11.9 Å². The van der Waals surface area contributed by atoms with Gasteiger partial charge in [-0.2, -0.15) is 0 Å². The van der Waals surface area contributed by atoms with Crippen LogP contribution in [-0.2, 0) is 22.4 Å². The lowest BCUT2D eigenvalue weighted by Gasteiger charge is -2.46. The second kappa shape index (κ2) is 7.24. The molecular weight excluding hydrogens is 358 g/mol. The fraction of sp³-hybridized carbons (Fsp3) is 0.545. The minimum Gasteiger partial charge on any atom is -0.490 e. The summed E-state index contributed by atoms with van der Waals surface area (Å²) >= 11 is 0. The maximum absolute atomic E-state index is 11.9. The van der Waals surface area contributed by atoms with Crippen molar-refractivity contribution in [2.75, 3.05) is 7.05 Å². The quantitative estimate of drug-likeness (QED) is 0.758. The van der Waals surface area contributed by atoms with E-state index in [-0.39, 0.29) is 17.7 Å². The molecule has 150 valence electrons.